The number of nitro benzene ring substituents is 1. The summed E-state index contributed by atoms with van der Waals surface area (Å²) in [6, 6.07) is 9.29. The molecule has 15 heteroatoms. The Morgan fingerprint density at radius 2 is 1.80 bits per heavy atom. The molecule has 192 valence electrons. The number of aliphatic carboxylic acids is 1. The number of methoxy groups -OCH3 is 1. The number of nitrogens with two attached hydrogens (primary N) is 3. The molecule has 1 unspecified atom stereocenters. The van der Waals surface area contributed by atoms with Crippen LogP contribution in [-0.4, -0.2) is 56.3 Å². The first-order valence-electron chi connectivity index (χ1n) is 9.94. The topological polar surface area (TPSA) is 235 Å². The first-order valence-corrected chi connectivity index (χ1v) is 11.8. The van der Waals surface area contributed by atoms with Gasteiger partial charge in [0.25, 0.3) is 5.69 Å². The summed E-state index contributed by atoms with van der Waals surface area (Å²) in [5, 5.41) is 19.3. The first kappa shape index (κ1) is 28.9. The molecule has 0 saturated carbocycles. The molecule has 0 aliphatic heterocycles. The Kier molecular flexibility index (Phi) is 11.2. The second kappa shape index (κ2) is 13.6. The predicted molar refractivity (Wildman–Crippen MR) is 130 cm³/mol. The highest BCUT2D eigenvalue weighted by Crippen LogP contribution is 2.34. The van der Waals surface area contributed by atoms with Gasteiger partial charge < -0.3 is 31.8 Å². The van der Waals surface area contributed by atoms with Crippen LogP contribution in [0, 0.1) is 10.1 Å². The van der Waals surface area contributed by atoms with Crippen LogP contribution in [0.2, 0.25) is 0 Å². The van der Waals surface area contributed by atoms with Gasteiger partial charge in [-0.05, 0) is 43.2 Å². The summed E-state index contributed by atoms with van der Waals surface area (Å²) in [4.78, 5) is 24.2. The maximum absolute atomic E-state index is 11.4. The number of nitrogens with one attached hydrogen (secondary N) is 1. The van der Waals surface area contributed by atoms with E-state index in [1.54, 1.807) is 24.3 Å². The van der Waals surface area contributed by atoms with Gasteiger partial charge in [0, 0.05) is 12.6 Å². The molecule has 8 N–H and O–H groups in total. The molecule has 0 saturated heterocycles. The molecule has 0 heterocycles. The molecule has 0 aliphatic carbocycles. The van der Waals surface area contributed by atoms with E-state index >= 15 is 0 Å². The summed E-state index contributed by atoms with van der Waals surface area (Å²) >= 11 is 0. The molecule has 14 nitrogen and oxygen atoms in total. The zero-order chi connectivity index (χ0) is 26.6. The van der Waals surface area contributed by atoms with E-state index in [4.69, 9.17) is 31.8 Å². The summed E-state index contributed by atoms with van der Waals surface area (Å²) in [7, 11) is -2.04. The third kappa shape index (κ3) is 11.5. The van der Waals surface area contributed by atoms with Crippen molar-refractivity contribution in [2.75, 3.05) is 24.6 Å². The Morgan fingerprint density at radius 3 is 2.29 bits per heavy atom. The van der Waals surface area contributed by atoms with Crippen LogP contribution in [0.5, 0.6) is 17.2 Å². The molecular weight excluding hydrogens is 484 g/mol. The Labute approximate surface area is 201 Å². The van der Waals surface area contributed by atoms with Crippen molar-refractivity contribution in [1.82, 2.24) is 0 Å². The van der Waals surface area contributed by atoms with E-state index < -0.39 is 27.0 Å². The molecule has 1 atom stereocenters. The number of hydrogen-bond acceptors (Lipinski definition) is 9. The van der Waals surface area contributed by atoms with Crippen molar-refractivity contribution in [2.45, 2.75) is 18.9 Å². The number of rotatable bonds is 11. The maximum atomic E-state index is 11.4. The fraction of sp³-hybridized carbons (Fsp3) is 0.300. The zero-order valence-electron chi connectivity index (χ0n) is 19.1. The summed E-state index contributed by atoms with van der Waals surface area (Å²) in [5.74, 6) is 0.0297. The predicted octanol–water partition coefficient (Wildman–Crippen LogP) is 1.22. The van der Waals surface area contributed by atoms with Crippen molar-refractivity contribution < 1.29 is 32.7 Å². The van der Waals surface area contributed by atoms with Crippen LogP contribution in [0.4, 0.5) is 11.4 Å². The lowest BCUT2D eigenvalue weighted by molar-refractivity contribution is -0.384. The maximum Gasteiger partial charge on any atom is 0.320 e. The van der Waals surface area contributed by atoms with E-state index in [2.05, 4.69) is 9.71 Å². The summed E-state index contributed by atoms with van der Waals surface area (Å²) in [6.45, 7) is 0.420. The summed E-state index contributed by atoms with van der Waals surface area (Å²) in [5.41, 5.74) is 15.2. The molecule has 35 heavy (non-hydrogen) atoms. The largest absolute Gasteiger partial charge is 0.497 e. The second-order valence-corrected chi connectivity index (χ2v) is 8.73. The van der Waals surface area contributed by atoms with Crippen molar-refractivity contribution in [3.05, 3.63) is 52.6 Å². The minimum absolute atomic E-state index is 0.0129. The van der Waals surface area contributed by atoms with Crippen LogP contribution in [0.25, 0.3) is 0 Å². The van der Waals surface area contributed by atoms with Crippen LogP contribution >= 0.6 is 0 Å². The second-order valence-electron chi connectivity index (χ2n) is 6.98. The fourth-order valence-electron chi connectivity index (χ4n) is 2.41. The monoisotopic (exact) mass is 512 g/mol. The lowest BCUT2D eigenvalue weighted by Gasteiger charge is -2.12. The first-order chi connectivity index (χ1) is 16.3. The molecule has 0 amide bonds. The average molecular weight is 513 g/mol. The number of aliphatic imine (C=N–C) groups is 1. The van der Waals surface area contributed by atoms with E-state index in [1.807, 2.05) is 0 Å². The highest BCUT2D eigenvalue weighted by Gasteiger charge is 2.15. The van der Waals surface area contributed by atoms with Crippen molar-refractivity contribution in [3.63, 3.8) is 0 Å². The molecule has 2 rings (SSSR count). The number of anilines is 1. The third-order valence-electron chi connectivity index (χ3n) is 4.04. The normalized spacial score (nSPS) is 11.3. The van der Waals surface area contributed by atoms with E-state index in [0.717, 1.165) is 12.3 Å². The molecule has 2 aromatic rings. The van der Waals surface area contributed by atoms with Gasteiger partial charge in [0.2, 0.25) is 10.0 Å². The minimum atomic E-state index is -3.56. The highest BCUT2D eigenvalue weighted by atomic mass is 32.2. The number of nitro groups is 1. The SMILES string of the molecule is COc1ccc(Oc2cc([N+](=O)[O-])ccc2NS(C)(=O)=O)cc1.NC(N)=NCCCC(N)C(=O)O. The van der Waals surface area contributed by atoms with Crippen LogP contribution < -0.4 is 31.4 Å². The molecular formula is C20H28N6O8S. The van der Waals surface area contributed by atoms with E-state index in [9.17, 15) is 23.3 Å². The number of sulfonamides is 1. The number of non-ortho nitro benzene ring substituents is 1. The number of nitrogens with zero attached hydrogens (tertiary/aromatic N) is 2. The highest BCUT2D eigenvalue weighted by molar-refractivity contribution is 7.92. The van der Waals surface area contributed by atoms with Crippen LogP contribution in [-0.2, 0) is 14.8 Å². The van der Waals surface area contributed by atoms with Gasteiger partial charge in [-0.25, -0.2) is 8.42 Å². The smallest absolute Gasteiger partial charge is 0.320 e. The van der Waals surface area contributed by atoms with Crippen LogP contribution in [0.3, 0.4) is 0 Å². The number of guanidine groups is 1. The van der Waals surface area contributed by atoms with Crippen molar-refractivity contribution in [3.8, 4) is 17.2 Å². The summed E-state index contributed by atoms with van der Waals surface area (Å²) < 4.78 is 35.6. The van der Waals surface area contributed by atoms with Gasteiger partial charge in [-0.1, -0.05) is 0 Å². The van der Waals surface area contributed by atoms with Gasteiger partial charge in [-0.15, -0.1) is 0 Å². The number of hydrogen-bond donors (Lipinski definition) is 5. The molecule has 0 spiro atoms. The minimum Gasteiger partial charge on any atom is -0.497 e. The quantitative estimate of drug-likeness (QED) is 0.0943. The van der Waals surface area contributed by atoms with Gasteiger partial charge in [0.05, 0.1) is 30.0 Å². The Bertz CT molecular complexity index is 1130. The third-order valence-corrected chi connectivity index (χ3v) is 4.63. The summed E-state index contributed by atoms with van der Waals surface area (Å²) in [6.07, 6.45) is 1.93. The van der Waals surface area contributed by atoms with E-state index in [0.29, 0.717) is 30.9 Å². The number of carboxylic acids is 1. The zero-order valence-corrected chi connectivity index (χ0v) is 19.9. The Hall–Kier alpha value is -4.11. The van der Waals surface area contributed by atoms with Crippen LogP contribution in [0.1, 0.15) is 12.8 Å². The molecule has 2 aromatic carbocycles. The molecule has 0 bridgehead atoms. The van der Waals surface area contributed by atoms with Crippen molar-refractivity contribution in [1.29, 1.82) is 0 Å². The number of ether oxygens (including phenoxy) is 2. The fourth-order valence-corrected chi connectivity index (χ4v) is 2.97. The molecule has 0 aliphatic rings. The van der Waals surface area contributed by atoms with Gasteiger partial charge in [0.1, 0.15) is 17.5 Å². The van der Waals surface area contributed by atoms with Gasteiger partial charge in [0.15, 0.2) is 11.7 Å². The molecule has 0 fully saturated rings. The van der Waals surface area contributed by atoms with E-state index in [1.165, 1.54) is 19.2 Å². The van der Waals surface area contributed by atoms with Crippen molar-refractivity contribution >= 4 is 33.3 Å². The number of carboxylic acid groups (broad SMARTS) is 1. The van der Waals surface area contributed by atoms with Crippen molar-refractivity contribution in [2.24, 2.45) is 22.2 Å². The molecule has 0 radical (unpaired) electrons. The van der Waals surface area contributed by atoms with Gasteiger partial charge in [-0.2, -0.15) is 0 Å². The van der Waals surface area contributed by atoms with Gasteiger partial charge >= 0.3 is 5.97 Å². The number of carbonyl (C=O) groups is 1. The Balaban J connectivity index is 0.000000434. The standard InChI is InChI=1S/C14H14N2O6S.C6H14N4O2/c1-21-11-4-6-12(7-5-11)22-14-9-10(16(17)18)3-8-13(14)15-23(2,19)20;7-4(5(11)12)2-1-3-10-6(8)9/h3-9,15H,1-2H3;4H,1-3,7H2,(H,11,12)(H4,8,9,10). The molecule has 0 aromatic heterocycles. The lowest BCUT2D eigenvalue weighted by atomic mass is 10.2. The average Bonchev–Trinajstić information content (AvgIpc) is 2.77. The van der Waals surface area contributed by atoms with Gasteiger partial charge in [-0.3, -0.25) is 24.6 Å². The number of benzene rings is 2. The lowest BCUT2D eigenvalue weighted by Crippen LogP contribution is -2.30. The van der Waals surface area contributed by atoms with E-state index in [-0.39, 0.29) is 23.1 Å². The Morgan fingerprint density at radius 1 is 1.20 bits per heavy atom. The van der Waals surface area contributed by atoms with Crippen LogP contribution in [0.15, 0.2) is 47.5 Å².